The molecule has 0 aliphatic carbocycles. The van der Waals surface area contributed by atoms with Crippen LogP contribution in [-0.2, 0) is 6.42 Å². The number of rotatable bonds is 5. The summed E-state index contributed by atoms with van der Waals surface area (Å²) < 4.78 is 1.30. The highest BCUT2D eigenvalue weighted by Crippen LogP contribution is 2.28. The van der Waals surface area contributed by atoms with E-state index in [0.29, 0.717) is 0 Å². The van der Waals surface area contributed by atoms with E-state index in [9.17, 15) is 5.11 Å². The van der Waals surface area contributed by atoms with Crippen LogP contribution in [0.2, 0.25) is 0 Å². The SMILES string of the molecule is Cc1ccccc1SCC(O)Cc1csc2ccccc12. The predicted molar refractivity (Wildman–Crippen MR) is 93.4 cm³/mol. The second-order valence-corrected chi connectivity index (χ2v) is 7.16. The zero-order chi connectivity index (χ0) is 14.7. The molecule has 1 aromatic heterocycles. The summed E-state index contributed by atoms with van der Waals surface area (Å²) in [5.41, 5.74) is 2.53. The summed E-state index contributed by atoms with van der Waals surface area (Å²) in [6.07, 6.45) is 0.413. The maximum atomic E-state index is 10.3. The number of fused-ring (bicyclic) bond motifs is 1. The first-order valence-corrected chi connectivity index (χ1v) is 8.92. The number of aliphatic hydroxyl groups excluding tert-OH is 1. The molecule has 3 aromatic rings. The highest BCUT2D eigenvalue weighted by molar-refractivity contribution is 7.99. The summed E-state index contributed by atoms with van der Waals surface area (Å²) in [5.74, 6) is 0.731. The van der Waals surface area contributed by atoms with Crippen molar-refractivity contribution in [2.24, 2.45) is 0 Å². The van der Waals surface area contributed by atoms with Gasteiger partial charge >= 0.3 is 0 Å². The molecule has 0 spiro atoms. The highest BCUT2D eigenvalue weighted by Gasteiger charge is 2.11. The van der Waals surface area contributed by atoms with Gasteiger partial charge in [0, 0.05) is 21.8 Å². The van der Waals surface area contributed by atoms with Crippen molar-refractivity contribution in [3.63, 3.8) is 0 Å². The number of hydrogen-bond donors (Lipinski definition) is 1. The van der Waals surface area contributed by atoms with Crippen molar-refractivity contribution >= 4 is 33.2 Å². The molecule has 0 saturated carbocycles. The molecule has 1 N–H and O–H groups in total. The Kier molecular flexibility index (Phi) is 4.63. The van der Waals surface area contributed by atoms with Crippen LogP contribution >= 0.6 is 23.1 Å². The number of thiophene rings is 1. The Morgan fingerprint density at radius 2 is 1.86 bits per heavy atom. The quantitative estimate of drug-likeness (QED) is 0.676. The molecule has 0 radical (unpaired) electrons. The Labute approximate surface area is 133 Å². The fraction of sp³-hybridized carbons (Fsp3) is 0.222. The van der Waals surface area contributed by atoms with Gasteiger partial charge < -0.3 is 5.11 Å². The summed E-state index contributed by atoms with van der Waals surface area (Å²) in [4.78, 5) is 1.26. The van der Waals surface area contributed by atoms with Crippen LogP contribution in [0.3, 0.4) is 0 Å². The van der Waals surface area contributed by atoms with Gasteiger partial charge in [0.1, 0.15) is 0 Å². The predicted octanol–water partition coefficient (Wildman–Crippen LogP) is 4.91. The Bertz CT molecular complexity index is 733. The highest BCUT2D eigenvalue weighted by atomic mass is 32.2. The van der Waals surface area contributed by atoms with E-state index in [2.05, 4.69) is 48.7 Å². The number of benzene rings is 2. The molecule has 1 unspecified atom stereocenters. The fourth-order valence-corrected chi connectivity index (χ4v) is 4.34. The van der Waals surface area contributed by atoms with E-state index < -0.39 is 0 Å². The summed E-state index contributed by atoms with van der Waals surface area (Å²) in [6.45, 7) is 2.11. The molecule has 0 amide bonds. The zero-order valence-electron chi connectivity index (χ0n) is 12.0. The van der Waals surface area contributed by atoms with Gasteiger partial charge in [0.05, 0.1) is 6.10 Å². The number of hydrogen-bond acceptors (Lipinski definition) is 3. The minimum absolute atomic E-state index is 0.312. The molecule has 108 valence electrons. The van der Waals surface area contributed by atoms with Crippen LogP contribution in [0.25, 0.3) is 10.1 Å². The molecule has 1 heterocycles. The minimum atomic E-state index is -0.312. The van der Waals surface area contributed by atoms with Gasteiger partial charge in [-0.15, -0.1) is 23.1 Å². The van der Waals surface area contributed by atoms with E-state index in [1.807, 2.05) is 12.1 Å². The molecule has 3 heteroatoms. The Hall–Kier alpha value is -1.29. The van der Waals surface area contributed by atoms with Crippen molar-refractivity contribution < 1.29 is 5.11 Å². The molecule has 0 aliphatic rings. The van der Waals surface area contributed by atoms with Gasteiger partial charge in [-0.1, -0.05) is 36.4 Å². The first kappa shape index (κ1) is 14.6. The van der Waals surface area contributed by atoms with Gasteiger partial charge in [0.15, 0.2) is 0 Å². The Morgan fingerprint density at radius 3 is 2.71 bits per heavy atom. The summed E-state index contributed by atoms with van der Waals surface area (Å²) >= 11 is 3.49. The van der Waals surface area contributed by atoms with Crippen LogP contribution in [0.5, 0.6) is 0 Å². The van der Waals surface area contributed by atoms with Gasteiger partial charge in [-0.25, -0.2) is 0 Å². The molecule has 3 rings (SSSR count). The lowest BCUT2D eigenvalue weighted by molar-refractivity contribution is 0.200. The van der Waals surface area contributed by atoms with Crippen LogP contribution in [0, 0.1) is 6.92 Å². The van der Waals surface area contributed by atoms with E-state index in [4.69, 9.17) is 0 Å². The van der Waals surface area contributed by atoms with Gasteiger partial charge in [0.25, 0.3) is 0 Å². The second kappa shape index (κ2) is 6.65. The lowest BCUT2D eigenvalue weighted by atomic mass is 10.1. The lowest BCUT2D eigenvalue weighted by Gasteiger charge is -2.11. The third kappa shape index (κ3) is 3.49. The molecule has 1 atom stereocenters. The smallest absolute Gasteiger partial charge is 0.0674 e. The molecule has 0 fully saturated rings. The first-order chi connectivity index (χ1) is 10.2. The molecule has 0 bridgehead atoms. The standard InChI is InChI=1S/C18H18OS2/c1-13-6-2-4-8-17(13)21-12-15(19)10-14-11-20-18-9-5-3-7-16(14)18/h2-9,11,15,19H,10,12H2,1H3. The summed E-state index contributed by atoms with van der Waals surface area (Å²) in [7, 11) is 0. The van der Waals surface area contributed by atoms with Crippen molar-refractivity contribution in [1.82, 2.24) is 0 Å². The van der Waals surface area contributed by atoms with Crippen LogP contribution in [0.1, 0.15) is 11.1 Å². The van der Waals surface area contributed by atoms with E-state index in [-0.39, 0.29) is 6.10 Å². The van der Waals surface area contributed by atoms with Crippen LogP contribution in [-0.4, -0.2) is 17.0 Å². The van der Waals surface area contributed by atoms with Gasteiger partial charge in [0.2, 0.25) is 0 Å². The van der Waals surface area contributed by atoms with Gasteiger partial charge in [-0.05, 0) is 40.9 Å². The van der Waals surface area contributed by atoms with Crippen LogP contribution in [0.15, 0.2) is 58.8 Å². The number of thioether (sulfide) groups is 1. The average Bonchev–Trinajstić information content (AvgIpc) is 2.90. The number of aliphatic hydroxyl groups is 1. The van der Waals surface area contributed by atoms with Crippen LogP contribution < -0.4 is 0 Å². The molecule has 2 aromatic carbocycles. The molecule has 1 nitrogen and oxygen atoms in total. The Morgan fingerprint density at radius 1 is 1.10 bits per heavy atom. The maximum absolute atomic E-state index is 10.3. The van der Waals surface area contributed by atoms with Crippen molar-refractivity contribution in [2.75, 3.05) is 5.75 Å². The molecule has 0 aliphatic heterocycles. The number of aryl methyl sites for hydroxylation is 1. The van der Waals surface area contributed by atoms with Crippen molar-refractivity contribution in [3.8, 4) is 0 Å². The molecular weight excluding hydrogens is 296 g/mol. The van der Waals surface area contributed by atoms with Crippen LogP contribution in [0.4, 0.5) is 0 Å². The van der Waals surface area contributed by atoms with E-state index in [1.165, 1.54) is 26.1 Å². The fourth-order valence-electron chi connectivity index (χ4n) is 2.41. The third-order valence-corrected chi connectivity index (χ3v) is 5.87. The summed E-state index contributed by atoms with van der Waals surface area (Å²) in [5, 5.41) is 13.8. The first-order valence-electron chi connectivity index (χ1n) is 7.05. The van der Waals surface area contributed by atoms with Crippen molar-refractivity contribution in [3.05, 3.63) is 65.0 Å². The third-order valence-electron chi connectivity index (χ3n) is 3.54. The lowest BCUT2D eigenvalue weighted by Crippen LogP contribution is -2.13. The molecule has 21 heavy (non-hydrogen) atoms. The van der Waals surface area contributed by atoms with Gasteiger partial charge in [-0.2, -0.15) is 0 Å². The van der Waals surface area contributed by atoms with Crippen molar-refractivity contribution in [2.45, 2.75) is 24.3 Å². The van der Waals surface area contributed by atoms with E-state index >= 15 is 0 Å². The van der Waals surface area contributed by atoms with Gasteiger partial charge in [-0.3, -0.25) is 0 Å². The second-order valence-electron chi connectivity index (χ2n) is 5.19. The Balaban J connectivity index is 1.64. The van der Waals surface area contributed by atoms with E-state index in [0.717, 1.165) is 12.2 Å². The molecular formula is C18H18OS2. The minimum Gasteiger partial charge on any atom is -0.392 e. The average molecular weight is 314 g/mol. The molecule has 0 saturated heterocycles. The normalized spacial score (nSPS) is 12.7. The monoisotopic (exact) mass is 314 g/mol. The van der Waals surface area contributed by atoms with Crippen molar-refractivity contribution in [1.29, 1.82) is 0 Å². The topological polar surface area (TPSA) is 20.2 Å². The largest absolute Gasteiger partial charge is 0.392 e. The summed E-state index contributed by atoms with van der Waals surface area (Å²) in [6, 6.07) is 16.7. The van der Waals surface area contributed by atoms with E-state index in [1.54, 1.807) is 23.1 Å². The maximum Gasteiger partial charge on any atom is 0.0674 e. The zero-order valence-corrected chi connectivity index (χ0v) is 13.6.